The van der Waals surface area contributed by atoms with E-state index >= 15 is 0 Å². The minimum Gasteiger partial charge on any atom is -0.497 e. The van der Waals surface area contributed by atoms with E-state index in [4.69, 9.17) is 9.84 Å². The van der Waals surface area contributed by atoms with Crippen LogP contribution in [0.25, 0.3) is 0 Å². The Hall–Kier alpha value is -2.69. The second-order valence-electron chi connectivity index (χ2n) is 5.69. The molecule has 0 aliphatic heterocycles. The van der Waals surface area contributed by atoms with Gasteiger partial charge in [-0.1, -0.05) is 12.1 Å². The Morgan fingerprint density at radius 2 is 2.15 bits per heavy atom. The Kier molecular flexibility index (Phi) is 5.31. The summed E-state index contributed by atoms with van der Waals surface area (Å²) in [4.78, 5) is 15.3. The van der Waals surface area contributed by atoms with Gasteiger partial charge >= 0.3 is 5.97 Å². The molecule has 1 aromatic carbocycles. The van der Waals surface area contributed by atoms with Crippen molar-refractivity contribution >= 4 is 27.3 Å². The Labute approximate surface area is 160 Å². The molecule has 0 fully saturated rings. The number of thiophene rings is 1. The first-order chi connectivity index (χ1) is 12.8. The van der Waals surface area contributed by atoms with Gasteiger partial charge in [0.05, 0.1) is 12.7 Å². The third-order valence-corrected chi connectivity index (χ3v) is 6.77. The number of aromatic nitrogens is 2. The molecule has 8 nitrogen and oxygen atoms in total. The monoisotopic (exact) mass is 407 g/mol. The van der Waals surface area contributed by atoms with Crippen molar-refractivity contribution in [2.75, 3.05) is 7.11 Å². The minimum atomic E-state index is -3.97. The number of nitrogens with one attached hydrogen (secondary N) is 1. The molecule has 0 amide bonds. The van der Waals surface area contributed by atoms with Crippen LogP contribution in [0.3, 0.4) is 0 Å². The summed E-state index contributed by atoms with van der Waals surface area (Å²) >= 11 is 0.848. The number of benzene rings is 1. The maximum Gasteiger partial charge on any atom is 0.336 e. The SMILES string of the molecule is COc1cccc([C@H](NS(=O)(=O)c2cc(C(=O)O)cs2)c2nccn2C)c1. The molecule has 0 bridgehead atoms. The van der Waals surface area contributed by atoms with Crippen LogP contribution in [0.4, 0.5) is 0 Å². The quantitative estimate of drug-likeness (QED) is 0.622. The largest absolute Gasteiger partial charge is 0.497 e. The van der Waals surface area contributed by atoms with E-state index in [0.717, 1.165) is 17.4 Å². The molecule has 0 saturated carbocycles. The standard InChI is InChI=1S/C17H17N3O5S2/c1-20-7-6-18-16(20)15(11-4-3-5-13(8-11)25-2)19-27(23,24)14-9-12(10-26-14)17(21)22/h3-10,15,19H,1-2H3,(H,21,22)/t15-/m0/s1. The van der Waals surface area contributed by atoms with Gasteiger partial charge in [0.2, 0.25) is 0 Å². The van der Waals surface area contributed by atoms with Crippen LogP contribution in [0.15, 0.2) is 52.3 Å². The molecule has 2 heterocycles. The average Bonchev–Trinajstić information content (AvgIpc) is 3.29. The molecule has 3 aromatic rings. The number of carboxylic acid groups (broad SMARTS) is 1. The lowest BCUT2D eigenvalue weighted by Gasteiger charge is -2.19. The summed E-state index contributed by atoms with van der Waals surface area (Å²) in [5.41, 5.74) is 0.567. The lowest BCUT2D eigenvalue weighted by atomic mass is 10.1. The highest BCUT2D eigenvalue weighted by atomic mass is 32.2. The normalized spacial score (nSPS) is 12.7. The lowest BCUT2D eigenvalue weighted by Crippen LogP contribution is -2.30. The fourth-order valence-corrected chi connectivity index (χ4v) is 4.88. The molecule has 10 heteroatoms. The molecule has 142 valence electrons. The topological polar surface area (TPSA) is 111 Å². The van der Waals surface area contributed by atoms with Crippen molar-refractivity contribution in [3.05, 3.63) is 65.1 Å². The predicted octanol–water partition coefficient (Wildman–Crippen LogP) is 2.26. The first-order valence-electron chi connectivity index (χ1n) is 7.77. The van der Waals surface area contributed by atoms with Crippen molar-refractivity contribution in [2.24, 2.45) is 7.05 Å². The highest BCUT2D eigenvalue weighted by Crippen LogP contribution is 2.28. The molecule has 3 rings (SSSR count). The predicted molar refractivity (Wildman–Crippen MR) is 99.6 cm³/mol. The van der Waals surface area contributed by atoms with Gasteiger partial charge in [0.25, 0.3) is 10.0 Å². The molecular formula is C17H17N3O5S2. The lowest BCUT2D eigenvalue weighted by molar-refractivity contribution is 0.0697. The number of sulfonamides is 1. The van der Waals surface area contributed by atoms with Gasteiger partial charge in [0.1, 0.15) is 21.8 Å². The van der Waals surface area contributed by atoms with Crippen LogP contribution in [0.2, 0.25) is 0 Å². The van der Waals surface area contributed by atoms with E-state index in [9.17, 15) is 13.2 Å². The summed E-state index contributed by atoms with van der Waals surface area (Å²) in [6, 6.07) is 7.36. The van der Waals surface area contributed by atoms with Gasteiger partial charge in [0.15, 0.2) is 0 Å². The van der Waals surface area contributed by atoms with Gasteiger partial charge in [-0.15, -0.1) is 11.3 Å². The number of methoxy groups -OCH3 is 1. The number of carbonyl (C=O) groups is 1. The van der Waals surface area contributed by atoms with E-state index in [1.807, 2.05) is 0 Å². The Morgan fingerprint density at radius 1 is 1.37 bits per heavy atom. The van der Waals surface area contributed by atoms with Gasteiger partial charge < -0.3 is 14.4 Å². The number of ether oxygens (including phenoxy) is 1. The Bertz CT molecular complexity index is 1070. The molecule has 27 heavy (non-hydrogen) atoms. The van der Waals surface area contributed by atoms with Crippen molar-refractivity contribution in [3.63, 3.8) is 0 Å². The number of nitrogens with zero attached hydrogens (tertiary/aromatic N) is 2. The van der Waals surface area contributed by atoms with Crippen LogP contribution in [0.1, 0.15) is 27.8 Å². The van der Waals surface area contributed by atoms with E-state index in [2.05, 4.69) is 9.71 Å². The number of imidazole rings is 1. The minimum absolute atomic E-state index is 0.0738. The number of aromatic carboxylic acids is 1. The number of rotatable bonds is 7. The van der Waals surface area contributed by atoms with Gasteiger partial charge in [-0.05, 0) is 23.8 Å². The van der Waals surface area contributed by atoms with E-state index in [0.29, 0.717) is 17.1 Å². The number of aryl methyl sites for hydroxylation is 1. The third-order valence-electron chi connectivity index (χ3n) is 3.90. The second-order valence-corrected chi connectivity index (χ2v) is 8.54. The van der Waals surface area contributed by atoms with Crippen molar-refractivity contribution in [3.8, 4) is 5.75 Å². The second kappa shape index (κ2) is 7.51. The van der Waals surface area contributed by atoms with Crippen molar-refractivity contribution in [1.29, 1.82) is 0 Å². The molecular weight excluding hydrogens is 390 g/mol. The van der Waals surface area contributed by atoms with Gasteiger partial charge in [-0.2, -0.15) is 4.72 Å². The summed E-state index contributed by atoms with van der Waals surface area (Å²) in [6.07, 6.45) is 3.29. The Balaban J connectivity index is 2.03. The van der Waals surface area contributed by atoms with Crippen LogP contribution < -0.4 is 9.46 Å². The molecule has 0 aliphatic rings. The first kappa shape index (κ1) is 19.1. The zero-order chi connectivity index (χ0) is 19.6. The maximum atomic E-state index is 12.9. The molecule has 0 radical (unpaired) electrons. The molecule has 0 spiro atoms. The summed E-state index contributed by atoms with van der Waals surface area (Å²) in [5.74, 6) is -0.113. The molecule has 2 aromatic heterocycles. The fourth-order valence-electron chi connectivity index (χ4n) is 2.53. The van der Waals surface area contributed by atoms with E-state index in [1.54, 1.807) is 48.3 Å². The van der Waals surface area contributed by atoms with Crippen molar-refractivity contribution in [2.45, 2.75) is 10.3 Å². The molecule has 0 unspecified atom stereocenters. The summed E-state index contributed by atoms with van der Waals surface area (Å²) < 4.78 is 35.2. The fraction of sp³-hybridized carbons (Fsp3) is 0.176. The van der Waals surface area contributed by atoms with Crippen molar-refractivity contribution < 1.29 is 23.1 Å². The van der Waals surface area contributed by atoms with Crippen LogP contribution in [0, 0.1) is 0 Å². The molecule has 0 saturated heterocycles. The summed E-state index contributed by atoms with van der Waals surface area (Å²) in [5, 5.41) is 10.3. The summed E-state index contributed by atoms with van der Waals surface area (Å²) in [7, 11) is -0.684. The number of hydrogen-bond acceptors (Lipinski definition) is 6. The Morgan fingerprint density at radius 3 is 2.74 bits per heavy atom. The zero-order valence-electron chi connectivity index (χ0n) is 14.5. The number of carboxylic acids is 1. The third kappa shape index (κ3) is 4.02. The molecule has 0 aliphatic carbocycles. The number of hydrogen-bond donors (Lipinski definition) is 2. The smallest absolute Gasteiger partial charge is 0.336 e. The average molecular weight is 407 g/mol. The zero-order valence-corrected chi connectivity index (χ0v) is 16.1. The van der Waals surface area contributed by atoms with E-state index in [-0.39, 0.29) is 9.77 Å². The molecule has 1 atom stereocenters. The van der Waals surface area contributed by atoms with E-state index < -0.39 is 22.0 Å². The molecule has 2 N–H and O–H groups in total. The van der Waals surface area contributed by atoms with Crippen LogP contribution in [-0.4, -0.2) is 36.2 Å². The maximum absolute atomic E-state index is 12.9. The first-order valence-corrected chi connectivity index (χ1v) is 10.1. The van der Waals surface area contributed by atoms with Gasteiger partial charge in [-0.25, -0.2) is 18.2 Å². The van der Waals surface area contributed by atoms with Gasteiger partial charge in [0, 0.05) is 24.8 Å². The van der Waals surface area contributed by atoms with Crippen LogP contribution >= 0.6 is 11.3 Å². The van der Waals surface area contributed by atoms with Gasteiger partial charge in [-0.3, -0.25) is 0 Å². The van der Waals surface area contributed by atoms with Crippen molar-refractivity contribution in [1.82, 2.24) is 14.3 Å². The van der Waals surface area contributed by atoms with Crippen LogP contribution in [-0.2, 0) is 17.1 Å². The van der Waals surface area contributed by atoms with Crippen LogP contribution in [0.5, 0.6) is 5.75 Å². The summed E-state index contributed by atoms with van der Waals surface area (Å²) in [6.45, 7) is 0. The highest BCUT2D eigenvalue weighted by molar-refractivity contribution is 7.91. The highest BCUT2D eigenvalue weighted by Gasteiger charge is 2.27. The van der Waals surface area contributed by atoms with E-state index in [1.165, 1.54) is 12.5 Å².